The quantitative estimate of drug-likeness (QED) is 0.633. The molecule has 1 fully saturated rings. The number of hydrogen-bond acceptors (Lipinski definition) is 5. The summed E-state index contributed by atoms with van der Waals surface area (Å²) in [6.45, 7) is 2.23. The van der Waals surface area contributed by atoms with Crippen LogP contribution in [0, 0.1) is 0 Å². The van der Waals surface area contributed by atoms with E-state index < -0.39 is 10.0 Å². The highest BCUT2D eigenvalue weighted by Crippen LogP contribution is 2.20. The predicted molar refractivity (Wildman–Crippen MR) is 123 cm³/mol. The average molecular weight is 497 g/mol. The Bertz CT molecular complexity index is 1000. The van der Waals surface area contributed by atoms with Gasteiger partial charge in [0.1, 0.15) is 0 Å². The van der Waals surface area contributed by atoms with Crippen LogP contribution in [0.25, 0.3) is 0 Å². The molecule has 2 aromatic rings. The van der Waals surface area contributed by atoms with Gasteiger partial charge in [0.25, 0.3) is 5.91 Å². The number of halogens is 1. The van der Waals surface area contributed by atoms with E-state index in [9.17, 15) is 13.2 Å². The van der Waals surface area contributed by atoms with Gasteiger partial charge in [-0.05, 0) is 54.7 Å². The smallest absolute Gasteiger partial charge is 0.257 e. The Kier molecular flexibility index (Phi) is 6.89. The lowest BCUT2D eigenvalue weighted by molar-refractivity contribution is 0.0977. The largest absolute Gasteiger partial charge is 0.369 e. The van der Waals surface area contributed by atoms with Crippen LogP contribution in [0.4, 0.5) is 11.4 Å². The SMILES string of the molecule is CS(=O)(=O)N1CCN(c2ccc(NC(=S)NC(=O)c3cccc(Br)c3)cc2)CC1. The normalized spacial score (nSPS) is 15.0. The van der Waals surface area contributed by atoms with Crippen LogP contribution >= 0.6 is 28.1 Å². The topological polar surface area (TPSA) is 81.8 Å². The standard InChI is InChI=1S/C19H21BrN4O3S2/c1-29(26,27)24-11-9-23(10-12-24)17-7-5-16(6-8-17)21-19(28)22-18(25)14-3-2-4-15(20)13-14/h2-8,13H,9-12H2,1H3,(H2,21,22,25,28). The fourth-order valence-electron chi connectivity index (χ4n) is 3.00. The summed E-state index contributed by atoms with van der Waals surface area (Å²) in [6.07, 6.45) is 1.24. The summed E-state index contributed by atoms with van der Waals surface area (Å²) in [5.74, 6) is -0.288. The van der Waals surface area contributed by atoms with Crippen molar-refractivity contribution in [2.24, 2.45) is 0 Å². The van der Waals surface area contributed by atoms with E-state index in [4.69, 9.17) is 12.2 Å². The third-order valence-corrected chi connectivity index (χ3v) is 6.51. The Labute approximate surface area is 184 Å². The predicted octanol–water partition coefficient (Wildman–Crippen LogP) is 2.66. The summed E-state index contributed by atoms with van der Waals surface area (Å²) in [5, 5.41) is 5.87. The Morgan fingerprint density at radius 3 is 2.31 bits per heavy atom. The van der Waals surface area contributed by atoms with E-state index in [0.717, 1.165) is 15.8 Å². The Hall–Kier alpha value is -2.01. The second-order valence-corrected chi connectivity index (χ2v) is 9.92. The summed E-state index contributed by atoms with van der Waals surface area (Å²) in [6, 6.07) is 14.7. The molecule has 2 aromatic carbocycles. The van der Waals surface area contributed by atoms with Gasteiger partial charge in [-0.3, -0.25) is 10.1 Å². The number of sulfonamides is 1. The van der Waals surface area contributed by atoms with Crippen LogP contribution in [-0.2, 0) is 10.0 Å². The van der Waals surface area contributed by atoms with Crippen LogP contribution in [0.15, 0.2) is 53.0 Å². The molecule has 10 heteroatoms. The molecule has 1 aliphatic heterocycles. The minimum atomic E-state index is -3.14. The highest BCUT2D eigenvalue weighted by atomic mass is 79.9. The van der Waals surface area contributed by atoms with Gasteiger partial charge in [-0.1, -0.05) is 22.0 Å². The zero-order valence-electron chi connectivity index (χ0n) is 15.8. The molecule has 0 aromatic heterocycles. The zero-order valence-corrected chi connectivity index (χ0v) is 19.0. The maximum atomic E-state index is 12.2. The van der Waals surface area contributed by atoms with Crippen molar-refractivity contribution < 1.29 is 13.2 Å². The van der Waals surface area contributed by atoms with E-state index >= 15 is 0 Å². The van der Waals surface area contributed by atoms with Gasteiger partial charge in [0.05, 0.1) is 6.26 Å². The van der Waals surface area contributed by atoms with E-state index in [1.807, 2.05) is 30.3 Å². The number of rotatable bonds is 4. The molecule has 1 amide bonds. The number of nitrogens with zero attached hydrogens (tertiary/aromatic N) is 2. The molecule has 0 spiro atoms. The number of thiocarbonyl (C=S) groups is 1. The first-order valence-corrected chi connectivity index (χ1v) is 12.0. The molecule has 7 nitrogen and oxygen atoms in total. The summed E-state index contributed by atoms with van der Waals surface area (Å²) >= 11 is 8.56. The van der Waals surface area contributed by atoms with Gasteiger partial charge in [0.15, 0.2) is 5.11 Å². The van der Waals surface area contributed by atoms with Gasteiger partial charge in [0.2, 0.25) is 10.0 Å². The van der Waals surface area contributed by atoms with Crippen molar-refractivity contribution in [1.29, 1.82) is 0 Å². The number of anilines is 2. The fraction of sp³-hybridized carbons (Fsp3) is 0.263. The number of nitrogens with one attached hydrogen (secondary N) is 2. The lowest BCUT2D eigenvalue weighted by Crippen LogP contribution is -2.48. The van der Waals surface area contributed by atoms with E-state index in [-0.39, 0.29) is 11.0 Å². The van der Waals surface area contributed by atoms with Crippen LogP contribution in [0.2, 0.25) is 0 Å². The van der Waals surface area contributed by atoms with Crippen molar-refractivity contribution in [2.75, 3.05) is 42.7 Å². The molecule has 0 saturated carbocycles. The maximum absolute atomic E-state index is 12.2. The minimum absolute atomic E-state index is 0.212. The second-order valence-electron chi connectivity index (χ2n) is 6.61. The van der Waals surface area contributed by atoms with Gasteiger partial charge in [-0.15, -0.1) is 0 Å². The number of carbonyl (C=O) groups is 1. The first kappa shape index (κ1) is 21.7. The maximum Gasteiger partial charge on any atom is 0.257 e. The molecule has 0 unspecified atom stereocenters. The van der Waals surface area contributed by atoms with Crippen molar-refractivity contribution in [2.45, 2.75) is 0 Å². The van der Waals surface area contributed by atoms with Crippen molar-refractivity contribution in [3.05, 3.63) is 58.6 Å². The monoisotopic (exact) mass is 496 g/mol. The van der Waals surface area contributed by atoms with Gasteiger partial charge < -0.3 is 10.2 Å². The van der Waals surface area contributed by atoms with Crippen LogP contribution in [0.1, 0.15) is 10.4 Å². The average Bonchev–Trinajstić information content (AvgIpc) is 2.68. The Morgan fingerprint density at radius 1 is 1.07 bits per heavy atom. The zero-order chi connectivity index (χ0) is 21.0. The van der Waals surface area contributed by atoms with Gasteiger partial charge in [0, 0.05) is 47.6 Å². The number of carbonyl (C=O) groups excluding carboxylic acids is 1. The third kappa shape index (κ3) is 5.99. The van der Waals surface area contributed by atoms with Crippen LogP contribution in [0.5, 0.6) is 0 Å². The lowest BCUT2D eigenvalue weighted by atomic mass is 10.2. The molecular weight excluding hydrogens is 476 g/mol. The molecule has 154 valence electrons. The molecule has 1 heterocycles. The van der Waals surface area contributed by atoms with Crippen molar-refractivity contribution >= 4 is 60.6 Å². The molecule has 1 aliphatic rings. The minimum Gasteiger partial charge on any atom is -0.369 e. The van der Waals surface area contributed by atoms with Crippen LogP contribution in [0.3, 0.4) is 0 Å². The molecule has 3 rings (SSSR count). The highest BCUT2D eigenvalue weighted by Gasteiger charge is 2.23. The fourth-order valence-corrected chi connectivity index (χ4v) is 4.44. The molecular formula is C19H21BrN4O3S2. The van der Waals surface area contributed by atoms with Crippen LogP contribution in [-0.4, -0.2) is 56.2 Å². The molecule has 0 radical (unpaired) electrons. The van der Waals surface area contributed by atoms with Gasteiger partial charge in [-0.25, -0.2) is 8.42 Å². The van der Waals surface area contributed by atoms with E-state index in [0.29, 0.717) is 31.7 Å². The summed E-state index contributed by atoms with van der Waals surface area (Å²) in [5.41, 5.74) is 2.27. The second kappa shape index (κ2) is 9.21. The molecule has 1 saturated heterocycles. The van der Waals surface area contributed by atoms with Gasteiger partial charge >= 0.3 is 0 Å². The molecule has 29 heavy (non-hydrogen) atoms. The number of benzene rings is 2. The van der Waals surface area contributed by atoms with Crippen LogP contribution < -0.4 is 15.5 Å². The summed E-state index contributed by atoms with van der Waals surface area (Å²) < 4.78 is 25.5. The van der Waals surface area contributed by atoms with Crippen molar-refractivity contribution in [3.8, 4) is 0 Å². The Balaban J connectivity index is 1.54. The summed E-state index contributed by atoms with van der Waals surface area (Å²) in [4.78, 5) is 14.4. The Morgan fingerprint density at radius 2 is 1.72 bits per heavy atom. The first-order valence-electron chi connectivity index (χ1n) is 8.90. The molecule has 2 N–H and O–H groups in total. The van der Waals surface area contributed by atoms with Gasteiger partial charge in [-0.2, -0.15) is 4.31 Å². The van der Waals surface area contributed by atoms with E-state index in [1.165, 1.54) is 10.6 Å². The molecule has 0 bridgehead atoms. The third-order valence-electron chi connectivity index (χ3n) is 4.51. The van der Waals surface area contributed by atoms with Crippen molar-refractivity contribution in [3.63, 3.8) is 0 Å². The number of hydrogen-bond donors (Lipinski definition) is 2. The summed E-state index contributed by atoms with van der Waals surface area (Å²) in [7, 11) is -3.14. The van der Waals surface area contributed by atoms with E-state index in [1.54, 1.807) is 18.2 Å². The highest BCUT2D eigenvalue weighted by molar-refractivity contribution is 9.10. The lowest BCUT2D eigenvalue weighted by Gasteiger charge is -2.34. The molecule has 0 aliphatic carbocycles. The van der Waals surface area contributed by atoms with Crippen molar-refractivity contribution in [1.82, 2.24) is 9.62 Å². The van der Waals surface area contributed by atoms with E-state index in [2.05, 4.69) is 31.5 Å². The number of piperazine rings is 1. The first-order chi connectivity index (χ1) is 13.7. The molecule has 0 atom stereocenters. The number of amides is 1.